The van der Waals surface area contributed by atoms with Gasteiger partial charge in [-0.15, -0.1) is 11.8 Å². The van der Waals surface area contributed by atoms with Crippen molar-refractivity contribution < 1.29 is 9.59 Å². The van der Waals surface area contributed by atoms with Crippen LogP contribution in [0.25, 0.3) is 0 Å². The quantitative estimate of drug-likeness (QED) is 0.822. The van der Waals surface area contributed by atoms with Crippen LogP contribution in [0.3, 0.4) is 0 Å². The average molecular weight is 336 g/mol. The number of halogens is 1. The number of nitrogens with two attached hydrogens (primary N) is 1. The number of benzene rings is 1. The van der Waals surface area contributed by atoms with Gasteiger partial charge in [0.1, 0.15) is 0 Å². The van der Waals surface area contributed by atoms with Gasteiger partial charge in [0.15, 0.2) is 0 Å². The average Bonchev–Trinajstić information content (AvgIpc) is 2.48. The maximum atomic E-state index is 12.1. The Kier molecular flexibility index (Phi) is 5.41. The molecule has 0 aliphatic heterocycles. The largest absolute Gasteiger partial charge is 0.366 e. The molecule has 0 saturated heterocycles. The van der Waals surface area contributed by atoms with Crippen LogP contribution in [0.4, 0.5) is 5.69 Å². The number of aromatic nitrogens is 1. The molecule has 114 valence electrons. The molecule has 2 aromatic rings. The van der Waals surface area contributed by atoms with Gasteiger partial charge in [-0.05, 0) is 36.1 Å². The molecule has 22 heavy (non-hydrogen) atoms. The molecule has 2 amide bonds. The first kappa shape index (κ1) is 16.3. The van der Waals surface area contributed by atoms with Crippen LogP contribution in [0.5, 0.6) is 0 Å². The van der Waals surface area contributed by atoms with E-state index in [1.807, 2.05) is 6.92 Å². The normalized spacial score (nSPS) is 10.3. The molecule has 7 heteroatoms. The molecule has 0 fully saturated rings. The Bertz CT molecular complexity index is 704. The van der Waals surface area contributed by atoms with Gasteiger partial charge in [-0.1, -0.05) is 18.5 Å². The number of hydrogen-bond acceptors (Lipinski definition) is 4. The van der Waals surface area contributed by atoms with Gasteiger partial charge >= 0.3 is 0 Å². The lowest BCUT2D eigenvalue weighted by molar-refractivity contribution is 0.0998. The zero-order valence-electron chi connectivity index (χ0n) is 11.8. The molecule has 0 bridgehead atoms. The number of anilines is 1. The standard InChI is InChI=1S/C15H14ClN3O2S/c1-2-22-13-6-3-9(8-18-13)15(21)19-10-4-5-11(14(17)20)12(16)7-10/h3-8H,2H2,1H3,(H2,17,20)(H,19,21). The first-order valence-corrected chi connectivity index (χ1v) is 7.87. The van der Waals surface area contributed by atoms with Crippen LogP contribution in [0.2, 0.25) is 5.02 Å². The topological polar surface area (TPSA) is 85.1 Å². The fraction of sp³-hybridized carbons (Fsp3) is 0.133. The van der Waals surface area contributed by atoms with E-state index in [9.17, 15) is 9.59 Å². The van der Waals surface area contributed by atoms with E-state index in [2.05, 4.69) is 10.3 Å². The fourth-order valence-electron chi connectivity index (χ4n) is 1.74. The van der Waals surface area contributed by atoms with Gasteiger partial charge in [0.05, 0.1) is 21.2 Å². The SMILES string of the molecule is CCSc1ccc(C(=O)Nc2ccc(C(N)=O)c(Cl)c2)cn1. The number of nitrogens with one attached hydrogen (secondary N) is 1. The summed E-state index contributed by atoms with van der Waals surface area (Å²) in [6, 6.07) is 8.03. The molecule has 0 unspecified atom stereocenters. The predicted molar refractivity (Wildman–Crippen MR) is 88.6 cm³/mol. The number of rotatable bonds is 5. The summed E-state index contributed by atoms with van der Waals surface area (Å²) >= 11 is 7.54. The molecule has 0 spiro atoms. The third-order valence-corrected chi connectivity index (χ3v) is 3.92. The molecule has 0 radical (unpaired) electrons. The van der Waals surface area contributed by atoms with Crippen LogP contribution < -0.4 is 11.1 Å². The molecule has 0 aliphatic carbocycles. The van der Waals surface area contributed by atoms with Crippen LogP contribution in [-0.4, -0.2) is 22.6 Å². The van der Waals surface area contributed by atoms with Gasteiger partial charge in [-0.2, -0.15) is 0 Å². The lowest BCUT2D eigenvalue weighted by atomic mass is 10.2. The minimum atomic E-state index is -0.615. The third-order valence-electron chi connectivity index (χ3n) is 2.78. The second-order valence-corrected chi connectivity index (χ2v) is 6.02. The van der Waals surface area contributed by atoms with Crippen molar-refractivity contribution in [3.63, 3.8) is 0 Å². The Labute approximate surface area is 137 Å². The summed E-state index contributed by atoms with van der Waals surface area (Å²) in [5.41, 5.74) is 6.30. The summed E-state index contributed by atoms with van der Waals surface area (Å²) in [6.07, 6.45) is 1.52. The fourth-order valence-corrected chi connectivity index (χ4v) is 2.60. The second kappa shape index (κ2) is 7.29. The number of carbonyl (C=O) groups excluding carboxylic acids is 2. The lowest BCUT2D eigenvalue weighted by Crippen LogP contribution is -2.14. The van der Waals surface area contributed by atoms with E-state index in [0.29, 0.717) is 11.3 Å². The third kappa shape index (κ3) is 3.99. The highest BCUT2D eigenvalue weighted by atomic mass is 35.5. The summed E-state index contributed by atoms with van der Waals surface area (Å²) in [5, 5.41) is 3.76. The van der Waals surface area contributed by atoms with E-state index in [1.165, 1.54) is 18.3 Å². The number of nitrogens with zero attached hydrogens (tertiary/aromatic N) is 1. The van der Waals surface area contributed by atoms with Crippen LogP contribution >= 0.6 is 23.4 Å². The molecular formula is C15H14ClN3O2S. The van der Waals surface area contributed by atoms with Gasteiger partial charge in [0, 0.05) is 11.9 Å². The van der Waals surface area contributed by atoms with E-state index in [4.69, 9.17) is 17.3 Å². The van der Waals surface area contributed by atoms with E-state index in [-0.39, 0.29) is 16.5 Å². The molecule has 0 aliphatic rings. The van der Waals surface area contributed by atoms with Crippen molar-refractivity contribution in [1.29, 1.82) is 0 Å². The highest BCUT2D eigenvalue weighted by Gasteiger charge is 2.10. The summed E-state index contributed by atoms with van der Waals surface area (Å²) in [5.74, 6) is 0.00279. The first-order valence-electron chi connectivity index (χ1n) is 6.51. The minimum Gasteiger partial charge on any atom is -0.366 e. The Morgan fingerprint density at radius 3 is 2.64 bits per heavy atom. The molecule has 2 rings (SSSR count). The second-order valence-electron chi connectivity index (χ2n) is 4.33. The van der Waals surface area contributed by atoms with Crippen LogP contribution in [0.15, 0.2) is 41.6 Å². The summed E-state index contributed by atoms with van der Waals surface area (Å²) < 4.78 is 0. The van der Waals surface area contributed by atoms with Crippen molar-refractivity contribution in [2.45, 2.75) is 11.9 Å². The van der Waals surface area contributed by atoms with Gasteiger partial charge in [-0.25, -0.2) is 4.98 Å². The van der Waals surface area contributed by atoms with Gasteiger partial charge in [0.2, 0.25) is 5.91 Å². The highest BCUT2D eigenvalue weighted by Crippen LogP contribution is 2.21. The number of amides is 2. The Balaban J connectivity index is 2.11. The maximum absolute atomic E-state index is 12.1. The molecule has 0 saturated carbocycles. The van der Waals surface area contributed by atoms with Gasteiger partial charge in [-0.3, -0.25) is 9.59 Å². The van der Waals surface area contributed by atoms with Crippen molar-refractivity contribution in [2.75, 3.05) is 11.1 Å². The van der Waals surface area contributed by atoms with Crippen LogP contribution in [-0.2, 0) is 0 Å². The van der Waals surface area contributed by atoms with Crippen molar-refractivity contribution in [3.05, 3.63) is 52.7 Å². The molecule has 1 aromatic heterocycles. The number of carbonyl (C=O) groups is 2. The Morgan fingerprint density at radius 2 is 2.09 bits per heavy atom. The van der Waals surface area contributed by atoms with Crippen molar-refractivity contribution in [2.24, 2.45) is 5.73 Å². The van der Waals surface area contributed by atoms with E-state index >= 15 is 0 Å². The Hall–Kier alpha value is -2.05. The van der Waals surface area contributed by atoms with Crippen molar-refractivity contribution >= 4 is 40.9 Å². The predicted octanol–water partition coefficient (Wildman–Crippen LogP) is 3.20. The van der Waals surface area contributed by atoms with Gasteiger partial charge in [0.25, 0.3) is 5.91 Å². The highest BCUT2D eigenvalue weighted by molar-refractivity contribution is 7.99. The molecule has 1 heterocycles. The molecular weight excluding hydrogens is 322 g/mol. The Morgan fingerprint density at radius 1 is 1.32 bits per heavy atom. The summed E-state index contributed by atoms with van der Waals surface area (Å²) in [7, 11) is 0. The zero-order valence-corrected chi connectivity index (χ0v) is 13.4. The van der Waals surface area contributed by atoms with E-state index in [0.717, 1.165) is 10.8 Å². The molecule has 3 N–H and O–H groups in total. The number of primary amides is 1. The van der Waals surface area contributed by atoms with Crippen LogP contribution in [0.1, 0.15) is 27.6 Å². The molecule has 5 nitrogen and oxygen atoms in total. The smallest absolute Gasteiger partial charge is 0.257 e. The van der Waals surface area contributed by atoms with Crippen LogP contribution in [0, 0.1) is 0 Å². The minimum absolute atomic E-state index is 0.193. The van der Waals surface area contributed by atoms with Gasteiger partial charge < -0.3 is 11.1 Å². The molecule has 0 atom stereocenters. The zero-order chi connectivity index (χ0) is 16.1. The monoisotopic (exact) mass is 335 g/mol. The maximum Gasteiger partial charge on any atom is 0.257 e. The summed E-state index contributed by atoms with van der Waals surface area (Å²) in [6.45, 7) is 2.03. The number of pyridine rings is 1. The van der Waals surface area contributed by atoms with Crippen molar-refractivity contribution in [1.82, 2.24) is 4.98 Å². The first-order chi connectivity index (χ1) is 10.5. The number of hydrogen-bond donors (Lipinski definition) is 2. The van der Waals surface area contributed by atoms with Crippen molar-refractivity contribution in [3.8, 4) is 0 Å². The van der Waals surface area contributed by atoms with E-state index < -0.39 is 5.91 Å². The summed E-state index contributed by atoms with van der Waals surface area (Å²) in [4.78, 5) is 27.4. The molecule has 1 aromatic carbocycles. The lowest BCUT2D eigenvalue weighted by Gasteiger charge is -2.07. The van der Waals surface area contributed by atoms with E-state index in [1.54, 1.807) is 30.0 Å². The number of thioether (sulfide) groups is 1.